The minimum absolute atomic E-state index is 0.0396. The fraction of sp³-hybridized carbons (Fsp3) is 0.333. The van der Waals surface area contributed by atoms with Gasteiger partial charge in [-0.05, 0) is 12.5 Å². The average Bonchev–Trinajstić information content (AvgIpc) is 2.94. The van der Waals surface area contributed by atoms with Crippen molar-refractivity contribution >= 4 is 39.9 Å². The minimum Gasteiger partial charge on any atom is -0.394 e. The molecule has 23 heavy (non-hydrogen) atoms. The second-order valence-corrected chi connectivity index (χ2v) is 7.33. The van der Waals surface area contributed by atoms with Crippen molar-refractivity contribution in [2.45, 2.75) is 24.2 Å². The molecule has 1 aromatic carbocycles. The molecular weight excluding hydrogens is 330 g/mol. The first kappa shape index (κ1) is 16.1. The van der Waals surface area contributed by atoms with E-state index in [-0.39, 0.29) is 18.1 Å². The third-order valence-corrected chi connectivity index (χ3v) is 5.20. The van der Waals surface area contributed by atoms with Gasteiger partial charge in [0.25, 0.3) is 0 Å². The maximum atomic E-state index is 9.26. The number of nitrogen functional groups attached to an aromatic ring is 1. The Morgan fingerprint density at radius 3 is 2.96 bits per heavy atom. The van der Waals surface area contributed by atoms with Gasteiger partial charge in [-0.2, -0.15) is 0 Å². The number of nitrogens with two attached hydrogens (primary N) is 1. The molecule has 8 heteroatoms. The number of fused-ring (bicyclic) bond motifs is 1. The zero-order valence-electron chi connectivity index (χ0n) is 12.7. The van der Waals surface area contributed by atoms with Crippen molar-refractivity contribution < 1.29 is 5.11 Å². The molecule has 0 saturated heterocycles. The predicted molar refractivity (Wildman–Crippen MR) is 97.9 cm³/mol. The van der Waals surface area contributed by atoms with Crippen LogP contribution in [0.15, 0.2) is 35.3 Å². The van der Waals surface area contributed by atoms with Crippen LogP contribution < -0.4 is 16.4 Å². The second kappa shape index (κ2) is 7.20. The highest BCUT2D eigenvalue weighted by Gasteiger charge is 2.25. The minimum atomic E-state index is -0.141. The van der Waals surface area contributed by atoms with E-state index in [2.05, 4.69) is 27.8 Å². The number of amidine groups is 1. The quantitative estimate of drug-likeness (QED) is 0.660. The summed E-state index contributed by atoms with van der Waals surface area (Å²) in [4.78, 5) is 9.92. The van der Waals surface area contributed by atoms with Gasteiger partial charge in [-0.3, -0.25) is 0 Å². The summed E-state index contributed by atoms with van der Waals surface area (Å²) in [5.41, 5.74) is 6.93. The standard InChI is InChI=1S/C15H19N5OS2/c1-9(7-21)17-12-11-13(18-14(16)23-11)20-15(19-12)22-8-10-5-3-2-4-6-10/h2-6,9,15,20-21H,7-8H2,1H3,(H2,16,18)(H,17,19)/t9-,15?/m1/s1. The molecular formula is C15H19N5OS2. The summed E-state index contributed by atoms with van der Waals surface area (Å²) in [6.45, 7) is 1.94. The number of thiazole rings is 1. The topological polar surface area (TPSA) is 95.6 Å². The third-order valence-electron chi connectivity index (χ3n) is 3.27. The van der Waals surface area contributed by atoms with E-state index in [4.69, 9.17) is 10.7 Å². The van der Waals surface area contributed by atoms with Gasteiger partial charge in [0.1, 0.15) is 10.7 Å². The molecule has 1 aliphatic heterocycles. The van der Waals surface area contributed by atoms with Crippen molar-refractivity contribution in [2.75, 3.05) is 17.7 Å². The van der Waals surface area contributed by atoms with Gasteiger partial charge in [0, 0.05) is 11.8 Å². The van der Waals surface area contributed by atoms with E-state index >= 15 is 0 Å². The number of hydrogen-bond donors (Lipinski definition) is 4. The lowest BCUT2D eigenvalue weighted by molar-refractivity contribution is 0.264. The first-order valence-electron chi connectivity index (χ1n) is 7.29. The van der Waals surface area contributed by atoms with E-state index in [1.54, 1.807) is 11.8 Å². The van der Waals surface area contributed by atoms with Crippen LogP contribution in [0.3, 0.4) is 0 Å². The largest absolute Gasteiger partial charge is 0.394 e. The van der Waals surface area contributed by atoms with Crippen molar-refractivity contribution in [3.8, 4) is 0 Å². The number of aliphatic imine (C=N–C) groups is 1. The molecule has 0 amide bonds. The molecule has 2 heterocycles. The second-order valence-electron chi connectivity index (χ2n) is 5.23. The summed E-state index contributed by atoms with van der Waals surface area (Å²) >= 11 is 3.07. The Morgan fingerprint density at radius 2 is 2.22 bits per heavy atom. The summed E-state index contributed by atoms with van der Waals surface area (Å²) < 4.78 is 0. The van der Waals surface area contributed by atoms with Crippen molar-refractivity contribution in [3.63, 3.8) is 0 Å². The van der Waals surface area contributed by atoms with E-state index in [9.17, 15) is 5.11 Å². The predicted octanol–water partition coefficient (Wildman–Crippen LogP) is 2.08. The maximum absolute atomic E-state index is 9.26. The molecule has 6 nitrogen and oxygen atoms in total. The summed E-state index contributed by atoms with van der Waals surface area (Å²) in [5.74, 6) is 2.33. The Bertz CT molecular complexity index is 688. The molecule has 2 atom stereocenters. The van der Waals surface area contributed by atoms with E-state index in [1.807, 2.05) is 25.1 Å². The van der Waals surface area contributed by atoms with E-state index in [0.29, 0.717) is 5.13 Å². The molecule has 1 aliphatic rings. The molecule has 1 aromatic heterocycles. The number of anilines is 2. The molecule has 0 aliphatic carbocycles. The summed E-state index contributed by atoms with van der Waals surface area (Å²) in [7, 11) is 0. The van der Waals surface area contributed by atoms with Crippen LogP contribution in [-0.4, -0.2) is 34.1 Å². The molecule has 0 saturated carbocycles. The Balaban J connectivity index is 1.75. The van der Waals surface area contributed by atoms with Crippen molar-refractivity contribution in [3.05, 3.63) is 40.8 Å². The zero-order chi connectivity index (χ0) is 16.2. The van der Waals surface area contributed by atoms with Crippen LogP contribution in [0.1, 0.15) is 17.4 Å². The monoisotopic (exact) mass is 349 g/mol. The van der Waals surface area contributed by atoms with Gasteiger partial charge in [0.2, 0.25) is 0 Å². The summed E-state index contributed by atoms with van der Waals surface area (Å²) in [6, 6.07) is 10.2. The van der Waals surface area contributed by atoms with Gasteiger partial charge >= 0.3 is 0 Å². The Hall–Kier alpha value is -1.77. The fourth-order valence-electron chi connectivity index (χ4n) is 2.13. The molecule has 0 fully saturated rings. The smallest absolute Gasteiger partial charge is 0.182 e. The lowest BCUT2D eigenvalue weighted by atomic mass is 10.2. The first-order valence-corrected chi connectivity index (χ1v) is 9.16. The Kier molecular flexibility index (Phi) is 5.04. The highest BCUT2D eigenvalue weighted by Crippen LogP contribution is 2.32. The number of nitrogens with zero attached hydrogens (tertiary/aromatic N) is 2. The summed E-state index contributed by atoms with van der Waals surface area (Å²) in [6.07, 6.45) is 0. The van der Waals surface area contributed by atoms with Gasteiger partial charge in [-0.15, -0.1) is 11.8 Å². The number of aromatic nitrogens is 1. The molecule has 0 radical (unpaired) electrons. The normalized spacial score (nSPS) is 17.8. The van der Waals surface area contributed by atoms with Crippen LogP contribution in [-0.2, 0) is 5.75 Å². The van der Waals surface area contributed by atoms with Gasteiger partial charge < -0.3 is 21.5 Å². The van der Waals surface area contributed by atoms with Crippen LogP contribution in [0.5, 0.6) is 0 Å². The van der Waals surface area contributed by atoms with Crippen LogP contribution >= 0.6 is 23.1 Å². The number of thioether (sulfide) groups is 1. The SMILES string of the molecule is C[C@H](CO)NC1=NC(SCc2ccccc2)Nc2nc(N)sc21. The highest BCUT2D eigenvalue weighted by molar-refractivity contribution is 7.99. The molecule has 5 N–H and O–H groups in total. The number of hydrogen-bond acceptors (Lipinski definition) is 8. The van der Waals surface area contributed by atoms with Crippen LogP contribution in [0.25, 0.3) is 0 Å². The lowest BCUT2D eigenvalue weighted by Crippen LogP contribution is -2.38. The van der Waals surface area contributed by atoms with Crippen LogP contribution in [0, 0.1) is 0 Å². The van der Waals surface area contributed by atoms with Crippen LogP contribution in [0.4, 0.5) is 10.9 Å². The maximum Gasteiger partial charge on any atom is 0.182 e. The van der Waals surface area contributed by atoms with Gasteiger partial charge in [0.05, 0.1) is 6.61 Å². The number of benzene rings is 1. The molecule has 3 rings (SSSR count). The Morgan fingerprint density at radius 1 is 1.43 bits per heavy atom. The van der Waals surface area contributed by atoms with E-state index in [1.165, 1.54) is 16.9 Å². The van der Waals surface area contributed by atoms with Crippen LogP contribution in [0.2, 0.25) is 0 Å². The van der Waals surface area contributed by atoms with Gasteiger partial charge in [0.15, 0.2) is 16.4 Å². The van der Waals surface area contributed by atoms with Gasteiger partial charge in [-0.1, -0.05) is 41.7 Å². The Labute approximate surface area is 143 Å². The van der Waals surface area contributed by atoms with E-state index < -0.39 is 0 Å². The molecule has 0 bridgehead atoms. The summed E-state index contributed by atoms with van der Waals surface area (Å²) in [5, 5.41) is 16.3. The lowest BCUT2D eigenvalue weighted by Gasteiger charge is -2.23. The molecule has 0 spiro atoms. The number of nitrogens with one attached hydrogen (secondary N) is 2. The fourth-order valence-corrected chi connectivity index (χ4v) is 3.80. The zero-order valence-corrected chi connectivity index (χ0v) is 14.3. The third kappa shape index (κ3) is 3.95. The van der Waals surface area contributed by atoms with Gasteiger partial charge in [-0.25, -0.2) is 9.98 Å². The van der Waals surface area contributed by atoms with Crippen molar-refractivity contribution in [1.82, 2.24) is 10.3 Å². The number of aliphatic hydroxyl groups is 1. The van der Waals surface area contributed by atoms with Crippen molar-refractivity contribution in [2.24, 2.45) is 4.99 Å². The molecule has 122 valence electrons. The highest BCUT2D eigenvalue weighted by atomic mass is 32.2. The van der Waals surface area contributed by atoms with Crippen molar-refractivity contribution in [1.29, 1.82) is 0 Å². The average molecular weight is 349 g/mol. The molecule has 1 unspecified atom stereocenters. The number of aliphatic hydroxyl groups excluding tert-OH is 1. The first-order chi connectivity index (χ1) is 11.2. The van der Waals surface area contributed by atoms with E-state index in [0.717, 1.165) is 22.3 Å². The number of rotatable bonds is 5. The molecule has 2 aromatic rings.